The summed E-state index contributed by atoms with van der Waals surface area (Å²) in [4.78, 5) is 14.6. The minimum atomic E-state index is -0.425. The monoisotopic (exact) mass is 301 g/mol. The van der Waals surface area contributed by atoms with Crippen LogP contribution in [0, 0.1) is 5.92 Å². The molecule has 0 amide bonds. The standard InChI is InChI=1S/C18H23NO3/c1-13-15(12-19-10-6-3-7-11-19)17(20)16(18(21)22-13)14-8-4-2-5-9-14/h2,4-5,8-9,13,15,20H,3,6-7,10-12H2,1H3. The van der Waals surface area contributed by atoms with Crippen LogP contribution in [0.1, 0.15) is 31.7 Å². The molecule has 2 aliphatic rings. The minimum Gasteiger partial charge on any atom is -0.511 e. The molecular weight excluding hydrogens is 278 g/mol. The lowest BCUT2D eigenvalue weighted by atomic mass is 9.90. The Labute approximate surface area is 131 Å². The molecule has 0 saturated carbocycles. The van der Waals surface area contributed by atoms with Gasteiger partial charge in [0.2, 0.25) is 0 Å². The maximum atomic E-state index is 12.2. The van der Waals surface area contributed by atoms with E-state index in [0.29, 0.717) is 5.57 Å². The Morgan fingerprint density at radius 2 is 1.86 bits per heavy atom. The molecule has 0 aromatic heterocycles. The molecule has 0 bridgehead atoms. The lowest BCUT2D eigenvalue weighted by Gasteiger charge is -2.35. The number of likely N-dealkylation sites (tertiary alicyclic amines) is 1. The number of benzene rings is 1. The summed E-state index contributed by atoms with van der Waals surface area (Å²) in [6.45, 7) is 4.73. The molecule has 4 heteroatoms. The van der Waals surface area contributed by atoms with E-state index in [1.807, 2.05) is 37.3 Å². The predicted molar refractivity (Wildman–Crippen MR) is 85.3 cm³/mol. The molecule has 4 nitrogen and oxygen atoms in total. The number of cyclic esters (lactones) is 1. The summed E-state index contributed by atoms with van der Waals surface area (Å²) in [5.74, 6) is -0.391. The van der Waals surface area contributed by atoms with E-state index in [1.54, 1.807) is 0 Å². The minimum absolute atomic E-state index is 0.147. The molecule has 118 valence electrons. The normalized spacial score (nSPS) is 26.9. The van der Waals surface area contributed by atoms with Crippen LogP contribution in [0.4, 0.5) is 0 Å². The predicted octanol–water partition coefficient (Wildman–Crippen LogP) is 3.00. The van der Waals surface area contributed by atoms with Gasteiger partial charge in [-0.3, -0.25) is 0 Å². The summed E-state index contributed by atoms with van der Waals surface area (Å²) in [7, 11) is 0. The number of carbonyl (C=O) groups excluding carboxylic acids is 1. The molecule has 1 fully saturated rings. The largest absolute Gasteiger partial charge is 0.511 e. The Hall–Kier alpha value is -1.81. The molecule has 22 heavy (non-hydrogen) atoms. The Morgan fingerprint density at radius 3 is 2.55 bits per heavy atom. The van der Waals surface area contributed by atoms with Gasteiger partial charge in [-0.15, -0.1) is 0 Å². The van der Waals surface area contributed by atoms with Gasteiger partial charge in [0.1, 0.15) is 17.4 Å². The van der Waals surface area contributed by atoms with Gasteiger partial charge in [0.25, 0.3) is 0 Å². The Kier molecular flexibility index (Phi) is 4.48. The van der Waals surface area contributed by atoms with Crippen LogP contribution in [0.25, 0.3) is 5.57 Å². The van der Waals surface area contributed by atoms with E-state index in [2.05, 4.69) is 4.90 Å². The number of aliphatic hydroxyl groups is 1. The summed E-state index contributed by atoms with van der Waals surface area (Å²) >= 11 is 0. The molecule has 0 spiro atoms. The van der Waals surface area contributed by atoms with E-state index in [9.17, 15) is 9.90 Å². The van der Waals surface area contributed by atoms with Crippen molar-refractivity contribution in [1.82, 2.24) is 4.90 Å². The van der Waals surface area contributed by atoms with Crippen molar-refractivity contribution in [2.24, 2.45) is 5.92 Å². The van der Waals surface area contributed by atoms with Gasteiger partial charge in [-0.2, -0.15) is 0 Å². The van der Waals surface area contributed by atoms with Crippen molar-refractivity contribution in [3.63, 3.8) is 0 Å². The van der Waals surface area contributed by atoms with E-state index in [-0.39, 0.29) is 17.8 Å². The molecule has 2 heterocycles. The highest BCUT2D eigenvalue weighted by Crippen LogP contribution is 2.33. The second-order valence-corrected chi connectivity index (χ2v) is 6.20. The third-order valence-electron chi connectivity index (χ3n) is 4.64. The first-order chi connectivity index (χ1) is 10.7. The van der Waals surface area contributed by atoms with Crippen molar-refractivity contribution in [3.05, 3.63) is 41.7 Å². The molecule has 1 N–H and O–H groups in total. The highest BCUT2D eigenvalue weighted by atomic mass is 16.5. The number of hydrogen-bond donors (Lipinski definition) is 1. The number of ether oxygens (including phenoxy) is 1. The third kappa shape index (κ3) is 3.02. The fourth-order valence-corrected chi connectivity index (χ4v) is 3.35. The fourth-order valence-electron chi connectivity index (χ4n) is 3.35. The lowest BCUT2D eigenvalue weighted by Crippen LogP contribution is -2.42. The van der Waals surface area contributed by atoms with E-state index in [1.165, 1.54) is 19.3 Å². The first-order valence-corrected chi connectivity index (χ1v) is 8.08. The second kappa shape index (κ2) is 6.53. The van der Waals surface area contributed by atoms with Crippen molar-refractivity contribution in [3.8, 4) is 0 Å². The van der Waals surface area contributed by atoms with Crippen molar-refractivity contribution in [2.45, 2.75) is 32.3 Å². The number of hydrogen-bond acceptors (Lipinski definition) is 4. The van der Waals surface area contributed by atoms with Gasteiger partial charge in [-0.25, -0.2) is 4.79 Å². The van der Waals surface area contributed by atoms with Gasteiger partial charge in [-0.05, 0) is 38.4 Å². The maximum Gasteiger partial charge on any atom is 0.342 e. The topological polar surface area (TPSA) is 49.8 Å². The van der Waals surface area contributed by atoms with Crippen LogP contribution in [0.5, 0.6) is 0 Å². The zero-order valence-corrected chi connectivity index (χ0v) is 13.0. The van der Waals surface area contributed by atoms with Gasteiger partial charge < -0.3 is 14.7 Å². The van der Waals surface area contributed by atoms with Crippen LogP contribution >= 0.6 is 0 Å². The van der Waals surface area contributed by atoms with Crippen LogP contribution in [-0.2, 0) is 9.53 Å². The molecule has 0 aliphatic carbocycles. The number of piperidine rings is 1. The van der Waals surface area contributed by atoms with Crippen LogP contribution in [0.15, 0.2) is 36.1 Å². The van der Waals surface area contributed by atoms with Crippen LogP contribution in [0.3, 0.4) is 0 Å². The molecule has 2 atom stereocenters. The molecule has 0 radical (unpaired) electrons. The summed E-state index contributed by atoms with van der Waals surface area (Å²) in [5.41, 5.74) is 1.04. The second-order valence-electron chi connectivity index (χ2n) is 6.20. The summed E-state index contributed by atoms with van der Waals surface area (Å²) in [5, 5.41) is 10.7. The first kappa shape index (κ1) is 15.1. The average molecular weight is 301 g/mol. The maximum absolute atomic E-state index is 12.2. The lowest BCUT2D eigenvalue weighted by molar-refractivity contribution is -0.145. The Bertz CT molecular complexity index is 561. The molecule has 3 rings (SSSR count). The van der Waals surface area contributed by atoms with Gasteiger partial charge in [0.15, 0.2) is 0 Å². The van der Waals surface area contributed by atoms with E-state index in [4.69, 9.17) is 4.74 Å². The van der Waals surface area contributed by atoms with Crippen LogP contribution < -0.4 is 0 Å². The van der Waals surface area contributed by atoms with Crippen molar-refractivity contribution in [1.29, 1.82) is 0 Å². The van der Waals surface area contributed by atoms with Crippen LogP contribution in [-0.4, -0.2) is 41.7 Å². The summed E-state index contributed by atoms with van der Waals surface area (Å²) in [6.07, 6.45) is 3.40. The SMILES string of the molecule is CC1OC(=O)C(c2ccccc2)=C(O)C1CN1CCCCC1. The summed E-state index contributed by atoms with van der Waals surface area (Å²) in [6, 6.07) is 9.28. The number of carbonyl (C=O) groups is 1. The van der Waals surface area contributed by atoms with Gasteiger partial charge in [0, 0.05) is 6.54 Å². The third-order valence-corrected chi connectivity index (χ3v) is 4.64. The van der Waals surface area contributed by atoms with Gasteiger partial charge in [-0.1, -0.05) is 36.8 Å². The van der Waals surface area contributed by atoms with E-state index >= 15 is 0 Å². The highest BCUT2D eigenvalue weighted by molar-refractivity contribution is 6.17. The zero-order chi connectivity index (χ0) is 15.5. The molecule has 1 saturated heterocycles. The Balaban J connectivity index is 1.88. The van der Waals surface area contributed by atoms with Crippen molar-refractivity contribution < 1.29 is 14.6 Å². The zero-order valence-electron chi connectivity index (χ0n) is 13.0. The molecular formula is C18H23NO3. The van der Waals surface area contributed by atoms with Gasteiger partial charge >= 0.3 is 5.97 Å². The molecule has 1 aromatic carbocycles. The average Bonchev–Trinajstić information content (AvgIpc) is 2.53. The van der Waals surface area contributed by atoms with E-state index in [0.717, 1.165) is 25.2 Å². The van der Waals surface area contributed by atoms with Crippen molar-refractivity contribution in [2.75, 3.05) is 19.6 Å². The number of nitrogens with zero attached hydrogens (tertiary/aromatic N) is 1. The van der Waals surface area contributed by atoms with Crippen molar-refractivity contribution >= 4 is 11.5 Å². The molecule has 2 aliphatic heterocycles. The van der Waals surface area contributed by atoms with Gasteiger partial charge in [0.05, 0.1) is 5.92 Å². The van der Waals surface area contributed by atoms with E-state index < -0.39 is 5.97 Å². The first-order valence-electron chi connectivity index (χ1n) is 8.08. The number of esters is 1. The number of aliphatic hydroxyl groups excluding tert-OH is 1. The number of rotatable bonds is 3. The quantitative estimate of drug-likeness (QED) is 0.872. The van der Waals surface area contributed by atoms with Crippen LogP contribution in [0.2, 0.25) is 0 Å². The molecule has 1 aromatic rings. The Morgan fingerprint density at radius 1 is 1.18 bits per heavy atom. The molecule has 2 unspecified atom stereocenters. The summed E-state index contributed by atoms with van der Waals surface area (Å²) < 4.78 is 5.49. The fraction of sp³-hybridized carbons (Fsp3) is 0.500. The highest BCUT2D eigenvalue weighted by Gasteiger charge is 2.37. The smallest absolute Gasteiger partial charge is 0.342 e.